The SMILES string of the molecule is CCCCCCCC/C=C\CCCCCCCCCC(=O)NC(CO)C(O)CCCCCCCC. The van der Waals surface area contributed by atoms with E-state index in [1.807, 2.05) is 0 Å². The zero-order valence-corrected chi connectivity index (χ0v) is 23.6. The van der Waals surface area contributed by atoms with E-state index in [-0.39, 0.29) is 12.5 Å². The topological polar surface area (TPSA) is 69.6 Å². The molecule has 0 aliphatic carbocycles. The van der Waals surface area contributed by atoms with E-state index < -0.39 is 12.1 Å². The molecule has 35 heavy (non-hydrogen) atoms. The second-order valence-corrected chi connectivity index (χ2v) is 10.5. The highest BCUT2D eigenvalue weighted by molar-refractivity contribution is 5.76. The van der Waals surface area contributed by atoms with Gasteiger partial charge in [-0.3, -0.25) is 4.79 Å². The molecule has 0 fully saturated rings. The molecule has 0 aliphatic heterocycles. The van der Waals surface area contributed by atoms with Gasteiger partial charge >= 0.3 is 0 Å². The Hall–Kier alpha value is -0.870. The van der Waals surface area contributed by atoms with Gasteiger partial charge in [0.05, 0.1) is 18.8 Å². The van der Waals surface area contributed by atoms with Crippen molar-refractivity contribution in [1.82, 2.24) is 5.32 Å². The number of carbonyl (C=O) groups is 1. The Balaban J connectivity index is 3.54. The molecule has 0 aromatic rings. The van der Waals surface area contributed by atoms with Crippen LogP contribution in [0.5, 0.6) is 0 Å². The average Bonchev–Trinajstić information content (AvgIpc) is 2.86. The summed E-state index contributed by atoms with van der Waals surface area (Å²) in [6, 6.07) is -0.530. The summed E-state index contributed by atoms with van der Waals surface area (Å²) >= 11 is 0. The van der Waals surface area contributed by atoms with Gasteiger partial charge < -0.3 is 15.5 Å². The zero-order chi connectivity index (χ0) is 25.8. The van der Waals surface area contributed by atoms with E-state index in [9.17, 15) is 15.0 Å². The van der Waals surface area contributed by atoms with Crippen LogP contribution in [0.4, 0.5) is 0 Å². The second-order valence-electron chi connectivity index (χ2n) is 10.5. The van der Waals surface area contributed by atoms with Crippen LogP contribution in [-0.2, 0) is 4.79 Å². The van der Waals surface area contributed by atoms with Crippen LogP contribution >= 0.6 is 0 Å². The largest absolute Gasteiger partial charge is 0.394 e. The molecule has 0 aromatic carbocycles. The van der Waals surface area contributed by atoms with Crippen molar-refractivity contribution in [2.75, 3.05) is 6.61 Å². The van der Waals surface area contributed by atoms with Gasteiger partial charge in [-0.1, -0.05) is 129 Å². The molecule has 4 heteroatoms. The number of aliphatic hydroxyl groups is 2. The summed E-state index contributed by atoms with van der Waals surface area (Å²) in [5.41, 5.74) is 0. The number of nitrogens with one attached hydrogen (secondary N) is 1. The number of hydrogen-bond acceptors (Lipinski definition) is 3. The van der Waals surface area contributed by atoms with E-state index in [0.717, 1.165) is 25.7 Å². The molecule has 0 saturated carbocycles. The minimum atomic E-state index is -0.652. The third-order valence-corrected chi connectivity index (χ3v) is 7.03. The van der Waals surface area contributed by atoms with Gasteiger partial charge in [0, 0.05) is 6.42 Å². The highest BCUT2D eigenvalue weighted by atomic mass is 16.3. The average molecular weight is 496 g/mol. The maximum atomic E-state index is 12.2. The van der Waals surface area contributed by atoms with Gasteiger partial charge in [0.15, 0.2) is 0 Å². The van der Waals surface area contributed by atoms with Gasteiger partial charge in [-0.05, 0) is 38.5 Å². The third kappa shape index (κ3) is 24.6. The molecule has 0 radical (unpaired) electrons. The molecular formula is C31H61NO3. The number of rotatable bonds is 27. The molecule has 0 heterocycles. The van der Waals surface area contributed by atoms with E-state index in [0.29, 0.717) is 12.8 Å². The van der Waals surface area contributed by atoms with Gasteiger partial charge in [0.25, 0.3) is 0 Å². The Morgan fingerprint density at radius 3 is 1.57 bits per heavy atom. The smallest absolute Gasteiger partial charge is 0.220 e. The summed E-state index contributed by atoms with van der Waals surface area (Å²) in [5, 5.41) is 22.7. The first-order chi connectivity index (χ1) is 17.2. The Labute approximate surface area is 218 Å². The van der Waals surface area contributed by atoms with Gasteiger partial charge in [0.1, 0.15) is 0 Å². The molecule has 0 aromatic heterocycles. The molecule has 0 saturated heterocycles. The monoisotopic (exact) mass is 495 g/mol. The highest BCUT2D eigenvalue weighted by Crippen LogP contribution is 2.13. The molecule has 1 amide bonds. The predicted octanol–water partition coefficient (Wildman–Crippen LogP) is 8.39. The quantitative estimate of drug-likeness (QED) is 0.0791. The van der Waals surface area contributed by atoms with Crippen molar-refractivity contribution in [2.45, 2.75) is 174 Å². The number of unbranched alkanes of at least 4 members (excludes halogenated alkanes) is 18. The van der Waals surface area contributed by atoms with Crippen LogP contribution in [-0.4, -0.2) is 34.9 Å². The molecule has 2 unspecified atom stereocenters. The van der Waals surface area contributed by atoms with Crippen molar-refractivity contribution >= 4 is 5.91 Å². The van der Waals surface area contributed by atoms with E-state index in [4.69, 9.17) is 0 Å². The van der Waals surface area contributed by atoms with Crippen molar-refractivity contribution in [3.63, 3.8) is 0 Å². The lowest BCUT2D eigenvalue weighted by molar-refractivity contribution is -0.123. The van der Waals surface area contributed by atoms with Gasteiger partial charge in [-0.15, -0.1) is 0 Å². The molecule has 2 atom stereocenters. The first-order valence-electron chi connectivity index (χ1n) is 15.4. The predicted molar refractivity (Wildman–Crippen MR) is 152 cm³/mol. The van der Waals surface area contributed by atoms with Gasteiger partial charge in [-0.25, -0.2) is 0 Å². The minimum Gasteiger partial charge on any atom is -0.394 e. The summed E-state index contributed by atoms with van der Waals surface area (Å²) in [4.78, 5) is 12.2. The number of aliphatic hydroxyl groups excluding tert-OH is 2. The lowest BCUT2D eigenvalue weighted by atomic mass is 10.0. The summed E-state index contributed by atoms with van der Waals surface area (Å²) in [5.74, 6) is -0.0428. The van der Waals surface area contributed by atoms with Crippen LogP contribution in [0.2, 0.25) is 0 Å². The first-order valence-corrected chi connectivity index (χ1v) is 15.4. The normalized spacial score (nSPS) is 13.4. The summed E-state index contributed by atoms with van der Waals surface area (Å²) in [7, 11) is 0. The Morgan fingerprint density at radius 1 is 0.657 bits per heavy atom. The van der Waals surface area contributed by atoms with Crippen LogP contribution in [0.1, 0.15) is 162 Å². The van der Waals surface area contributed by atoms with Crippen molar-refractivity contribution in [1.29, 1.82) is 0 Å². The fraction of sp³-hybridized carbons (Fsp3) is 0.903. The lowest BCUT2D eigenvalue weighted by Crippen LogP contribution is -2.45. The lowest BCUT2D eigenvalue weighted by Gasteiger charge is -2.22. The van der Waals surface area contributed by atoms with Gasteiger partial charge in [0.2, 0.25) is 5.91 Å². The molecule has 3 N–H and O–H groups in total. The molecule has 0 rings (SSSR count). The summed E-state index contributed by atoms with van der Waals surface area (Å²) in [6.07, 6.45) is 31.2. The molecular weight excluding hydrogens is 434 g/mol. The zero-order valence-electron chi connectivity index (χ0n) is 23.6. The number of amides is 1. The van der Waals surface area contributed by atoms with E-state index >= 15 is 0 Å². The van der Waals surface area contributed by atoms with Crippen LogP contribution in [0.25, 0.3) is 0 Å². The molecule has 0 bridgehead atoms. The Bertz CT molecular complexity index is 466. The fourth-order valence-electron chi connectivity index (χ4n) is 4.59. The number of hydrogen-bond donors (Lipinski definition) is 3. The van der Waals surface area contributed by atoms with E-state index in [1.54, 1.807) is 0 Å². The van der Waals surface area contributed by atoms with Gasteiger partial charge in [-0.2, -0.15) is 0 Å². The van der Waals surface area contributed by atoms with E-state index in [1.165, 1.54) is 109 Å². The maximum absolute atomic E-state index is 12.2. The number of allylic oxidation sites excluding steroid dienone is 2. The van der Waals surface area contributed by atoms with E-state index in [2.05, 4.69) is 31.3 Å². The Morgan fingerprint density at radius 2 is 1.09 bits per heavy atom. The maximum Gasteiger partial charge on any atom is 0.220 e. The highest BCUT2D eigenvalue weighted by Gasteiger charge is 2.19. The molecule has 0 spiro atoms. The van der Waals surface area contributed by atoms with Crippen LogP contribution in [0.3, 0.4) is 0 Å². The van der Waals surface area contributed by atoms with Crippen LogP contribution < -0.4 is 5.32 Å². The minimum absolute atomic E-state index is 0.0428. The number of carbonyl (C=O) groups excluding carboxylic acids is 1. The van der Waals surface area contributed by atoms with Crippen LogP contribution in [0, 0.1) is 0 Å². The van der Waals surface area contributed by atoms with Crippen molar-refractivity contribution in [2.24, 2.45) is 0 Å². The molecule has 4 nitrogen and oxygen atoms in total. The summed E-state index contributed by atoms with van der Waals surface area (Å²) in [6.45, 7) is 4.28. The third-order valence-electron chi connectivity index (χ3n) is 7.03. The van der Waals surface area contributed by atoms with Crippen molar-refractivity contribution in [3.8, 4) is 0 Å². The standard InChI is InChI=1S/C31H61NO3/c1-3-5-7-9-11-12-13-14-15-16-17-18-19-20-21-23-25-27-31(35)32-29(28-33)30(34)26-24-22-10-8-6-4-2/h14-15,29-30,33-34H,3-13,16-28H2,1-2H3,(H,32,35)/b15-14-. The summed E-state index contributed by atoms with van der Waals surface area (Å²) < 4.78 is 0. The first kappa shape index (κ1) is 34.1. The molecule has 0 aliphatic rings. The molecule has 208 valence electrons. The van der Waals surface area contributed by atoms with Crippen LogP contribution in [0.15, 0.2) is 12.2 Å². The Kier molecular flexibility index (Phi) is 27.0. The fourth-order valence-corrected chi connectivity index (χ4v) is 4.59. The van der Waals surface area contributed by atoms with Crippen molar-refractivity contribution < 1.29 is 15.0 Å². The second kappa shape index (κ2) is 27.7. The van der Waals surface area contributed by atoms with Crippen molar-refractivity contribution in [3.05, 3.63) is 12.2 Å².